The number of fused-ring (bicyclic) bond motifs is 2. The van der Waals surface area contributed by atoms with E-state index in [2.05, 4.69) is 13.8 Å². The Bertz CT molecular complexity index is 614. The Morgan fingerprint density at radius 3 is 2.69 bits per heavy atom. The average molecular weight is 364 g/mol. The number of ether oxygens (including phenoxy) is 2. The van der Waals surface area contributed by atoms with Gasteiger partial charge < -0.3 is 14.6 Å². The molecule has 3 aliphatic carbocycles. The van der Waals surface area contributed by atoms with Crippen molar-refractivity contribution in [1.82, 2.24) is 0 Å². The van der Waals surface area contributed by atoms with Gasteiger partial charge in [0.15, 0.2) is 5.78 Å². The first-order valence-electron chi connectivity index (χ1n) is 10.1. The van der Waals surface area contributed by atoms with Crippen LogP contribution in [0.25, 0.3) is 0 Å². The van der Waals surface area contributed by atoms with Gasteiger partial charge in [-0.2, -0.15) is 0 Å². The lowest BCUT2D eigenvalue weighted by Gasteiger charge is -2.61. The smallest absolute Gasteiger partial charge is 0.319 e. The first kappa shape index (κ1) is 18.4. The molecule has 4 rings (SSSR count). The van der Waals surface area contributed by atoms with Crippen LogP contribution in [0, 0.1) is 39.9 Å². The highest BCUT2D eigenvalue weighted by atomic mass is 16.5. The van der Waals surface area contributed by atoms with Gasteiger partial charge in [0.2, 0.25) is 0 Å². The molecule has 1 saturated heterocycles. The molecule has 3 saturated carbocycles. The molecule has 0 aromatic carbocycles. The van der Waals surface area contributed by atoms with Gasteiger partial charge in [-0.3, -0.25) is 9.59 Å². The monoisotopic (exact) mass is 364 g/mol. The molecule has 5 heteroatoms. The fourth-order valence-corrected chi connectivity index (χ4v) is 7.39. The minimum atomic E-state index is -0.995. The number of carbonyl (C=O) groups excluding carboxylic acids is 2. The van der Waals surface area contributed by atoms with Crippen LogP contribution >= 0.6 is 0 Å². The van der Waals surface area contributed by atoms with E-state index < -0.39 is 5.41 Å². The molecular formula is C21H32O5. The highest BCUT2D eigenvalue weighted by Crippen LogP contribution is 2.68. The maximum Gasteiger partial charge on any atom is 0.319 e. The van der Waals surface area contributed by atoms with Gasteiger partial charge in [0, 0.05) is 25.0 Å². The molecule has 1 N–H and O–H groups in total. The van der Waals surface area contributed by atoms with Crippen LogP contribution in [0.4, 0.5) is 0 Å². The lowest BCUT2D eigenvalue weighted by molar-refractivity contribution is -0.216. The molecule has 1 heterocycles. The topological polar surface area (TPSA) is 72.8 Å². The summed E-state index contributed by atoms with van der Waals surface area (Å²) in [6, 6.07) is 0. The second-order valence-corrected chi connectivity index (χ2v) is 9.88. The van der Waals surface area contributed by atoms with E-state index in [9.17, 15) is 14.7 Å². The standard InChI is InChI=1S/C21H32O5/c1-19(2)7-4-8-20(16(19)10-22)12-26-18(24)21-9-13(5-6-15(20)21)14(11-25-3)17(21)23/h13-16,22H,4-12H2,1-3H3. The fraction of sp³-hybridized carbons (Fsp3) is 0.905. The van der Waals surface area contributed by atoms with Gasteiger partial charge in [-0.05, 0) is 55.3 Å². The van der Waals surface area contributed by atoms with Gasteiger partial charge in [-0.1, -0.05) is 20.3 Å². The van der Waals surface area contributed by atoms with E-state index in [4.69, 9.17) is 9.47 Å². The van der Waals surface area contributed by atoms with Crippen molar-refractivity contribution in [3.63, 3.8) is 0 Å². The Morgan fingerprint density at radius 1 is 1.23 bits per heavy atom. The third-order valence-corrected chi connectivity index (χ3v) is 8.51. The van der Waals surface area contributed by atoms with Crippen LogP contribution < -0.4 is 0 Å². The van der Waals surface area contributed by atoms with Crippen molar-refractivity contribution in [3.05, 3.63) is 0 Å². The Hall–Kier alpha value is -0.940. The van der Waals surface area contributed by atoms with Crippen molar-refractivity contribution in [1.29, 1.82) is 0 Å². The summed E-state index contributed by atoms with van der Waals surface area (Å²) in [5.74, 6) is -0.150. The van der Waals surface area contributed by atoms with Gasteiger partial charge in [0.1, 0.15) is 5.41 Å². The summed E-state index contributed by atoms with van der Waals surface area (Å²) in [5.41, 5.74) is -1.28. The number of hydrogen-bond donors (Lipinski definition) is 1. The summed E-state index contributed by atoms with van der Waals surface area (Å²) in [4.78, 5) is 26.5. The highest BCUT2D eigenvalue weighted by Gasteiger charge is 2.72. The lowest BCUT2D eigenvalue weighted by Crippen LogP contribution is -2.64. The third kappa shape index (κ3) is 2.16. The quantitative estimate of drug-likeness (QED) is 0.616. The molecule has 0 aromatic heterocycles. The maximum absolute atomic E-state index is 13.5. The molecule has 26 heavy (non-hydrogen) atoms. The van der Waals surface area contributed by atoms with Gasteiger partial charge >= 0.3 is 5.97 Å². The Morgan fingerprint density at radius 2 is 2.00 bits per heavy atom. The average Bonchev–Trinajstić information content (AvgIpc) is 2.80. The van der Waals surface area contributed by atoms with Gasteiger partial charge in [0.05, 0.1) is 13.2 Å². The molecule has 4 aliphatic rings. The minimum Gasteiger partial charge on any atom is -0.464 e. The normalized spacial score (nSPS) is 46.9. The first-order chi connectivity index (χ1) is 12.3. The Balaban J connectivity index is 1.80. The van der Waals surface area contributed by atoms with Crippen LogP contribution in [0.5, 0.6) is 0 Å². The SMILES string of the molecule is COCC1C(=O)C23CC1CCC2C1(CCCC(C)(C)C1CO)COC3=O. The summed E-state index contributed by atoms with van der Waals surface area (Å²) in [7, 11) is 1.62. The van der Waals surface area contributed by atoms with Crippen molar-refractivity contribution >= 4 is 11.8 Å². The zero-order valence-electron chi connectivity index (χ0n) is 16.3. The van der Waals surface area contributed by atoms with Crippen LogP contribution in [0.1, 0.15) is 52.4 Å². The zero-order valence-corrected chi connectivity index (χ0v) is 16.3. The number of aliphatic hydroxyl groups excluding tert-OH is 1. The van der Waals surface area contributed by atoms with Crippen LogP contribution in [-0.4, -0.2) is 43.8 Å². The minimum absolute atomic E-state index is 0.00131. The van der Waals surface area contributed by atoms with Crippen molar-refractivity contribution in [2.75, 3.05) is 26.9 Å². The molecule has 0 amide bonds. The van der Waals surface area contributed by atoms with E-state index in [-0.39, 0.29) is 52.9 Å². The molecule has 2 spiro atoms. The zero-order chi connectivity index (χ0) is 18.7. The van der Waals surface area contributed by atoms with Crippen LogP contribution in [0.2, 0.25) is 0 Å². The Labute approximate surface area is 155 Å². The van der Waals surface area contributed by atoms with Crippen molar-refractivity contribution in [2.45, 2.75) is 52.4 Å². The summed E-state index contributed by atoms with van der Waals surface area (Å²) in [6.45, 7) is 5.28. The summed E-state index contributed by atoms with van der Waals surface area (Å²) < 4.78 is 11.1. The molecule has 146 valence electrons. The lowest BCUT2D eigenvalue weighted by atomic mass is 9.45. The third-order valence-electron chi connectivity index (χ3n) is 8.51. The number of carbonyl (C=O) groups is 2. The molecule has 5 nitrogen and oxygen atoms in total. The van der Waals surface area contributed by atoms with E-state index in [1.807, 2.05) is 0 Å². The summed E-state index contributed by atoms with van der Waals surface area (Å²) in [5, 5.41) is 10.3. The Kier molecular flexibility index (Phi) is 4.27. The molecule has 6 atom stereocenters. The number of esters is 1. The maximum atomic E-state index is 13.5. The molecule has 2 bridgehead atoms. The van der Waals surface area contributed by atoms with E-state index in [0.29, 0.717) is 19.6 Å². The highest BCUT2D eigenvalue weighted by molar-refractivity contribution is 6.08. The van der Waals surface area contributed by atoms with Crippen LogP contribution in [0.3, 0.4) is 0 Å². The fourth-order valence-electron chi connectivity index (χ4n) is 7.39. The predicted octanol–water partition coefficient (Wildman–Crippen LogP) is 2.60. The molecule has 6 unspecified atom stereocenters. The predicted molar refractivity (Wildman–Crippen MR) is 95.2 cm³/mol. The second-order valence-electron chi connectivity index (χ2n) is 9.88. The van der Waals surface area contributed by atoms with Crippen molar-refractivity contribution < 1.29 is 24.2 Å². The van der Waals surface area contributed by atoms with Gasteiger partial charge in [0.25, 0.3) is 0 Å². The largest absolute Gasteiger partial charge is 0.464 e. The van der Waals surface area contributed by atoms with Crippen LogP contribution in [0.15, 0.2) is 0 Å². The number of hydrogen-bond acceptors (Lipinski definition) is 5. The first-order valence-corrected chi connectivity index (χ1v) is 10.1. The molecular weight excluding hydrogens is 332 g/mol. The van der Waals surface area contributed by atoms with E-state index >= 15 is 0 Å². The number of Topliss-reactive ketones (excluding diaryl/α,β-unsaturated/α-hetero) is 1. The van der Waals surface area contributed by atoms with Gasteiger partial charge in [-0.25, -0.2) is 0 Å². The van der Waals surface area contributed by atoms with Crippen molar-refractivity contribution in [3.8, 4) is 0 Å². The molecule has 0 radical (unpaired) electrons. The molecule has 1 aliphatic heterocycles. The van der Waals surface area contributed by atoms with Crippen LogP contribution in [-0.2, 0) is 19.1 Å². The van der Waals surface area contributed by atoms with E-state index in [1.54, 1.807) is 7.11 Å². The summed E-state index contributed by atoms with van der Waals surface area (Å²) in [6.07, 6.45) is 5.54. The summed E-state index contributed by atoms with van der Waals surface area (Å²) >= 11 is 0. The second kappa shape index (κ2) is 6.03. The molecule has 0 aromatic rings. The number of ketones is 1. The number of aliphatic hydroxyl groups is 1. The van der Waals surface area contributed by atoms with E-state index in [1.165, 1.54) is 0 Å². The molecule has 4 fully saturated rings. The van der Waals surface area contributed by atoms with Crippen molar-refractivity contribution in [2.24, 2.45) is 39.9 Å². The van der Waals surface area contributed by atoms with E-state index in [0.717, 1.165) is 32.1 Å². The number of cyclic esters (lactones) is 1. The number of methoxy groups -OCH3 is 1. The number of rotatable bonds is 3. The van der Waals surface area contributed by atoms with Gasteiger partial charge in [-0.15, -0.1) is 0 Å².